The molecule has 0 aromatic heterocycles. The standard InChI is InChI=1S/C15H19FN2O3S/c16-14-4-1-12(2-5-14)3-6-15(19)18-9-7-13(8-10-18)11-22(17,20)21/h1-6,13H,7-11H2,(H2,17,20,21)/b6-3-. The van der Waals surface area contributed by atoms with Crippen molar-refractivity contribution >= 4 is 22.0 Å². The van der Waals surface area contributed by atoms with E-state index < -0.39 is 10.0 Å². The molecule has 1 aliphatic heterocycles. The van der Waals surface area contributed by atoms with Crippen LogP contribution >= 0.6 is 0 Å². The molecular weight excluding hydrogens is 307 g/mol. The van der Waals surface area contributed by atoms with E-state index in [-0.39, 0.29) is 23.4 Å². The molecule has 22 heavy (non-hydrogen) atoms. The van der Waals surface area contributed by atoms with Gasteiger partial charge in [0.25, 0.3) is 0 Å². The third kappa shape index (κ3) is 5.23. The zero-order valence-corrected chi connectivity index (χ0v) is 12.9. The summed E-state index contributed by atoms with van der Waals surface area (Å²) in [5, 5.41) is 5.04. The number of nitrogens with zero attached hydrogens (tertiary/aromatic N) is 1. The minimum atomic E-state index is -3.46. The number of benzene rings is 1. The zero-order chi connectivity index (χ0) is 16.2. The number of piperidine rings is 1. The molecule has 0 aliphatic carbocycles. The number of likely N-dealkylation sites (tertiary alicyclic amines) is 1. The fourth-order valence-electron chi connectivity index (χ4n) is 2.50. The monoisotopic (exact) mass is 326 g/mol. The maximum atomic E-state index is 12.8. The van der Waals surface area contributed by atoms with Gasteiger partial charge in [-0.25, -0.2) is 17.9 Å². The predicted octanol–water partition coefficient (Wildman–Crippen LogP) is 1.37. The van der Waals surface area contributed by atoms with E-state index in [1.165, 1.54) is 18.2 Å². The second kappa shape index (κ2) is 7.02. The Balaban J connectivity index is 1.86. The number of halogens is 1. The number of nitrogens with two attached hydrogens (primary N) is 1. The molecular formula is C15H19FN2O3S. The lowest BCUT2D eigenvalue weighted by Crippen LogP contribution is -2.39. The van der Waals surface area contributed by atoms with E-state index in [4.69, 9.17) is 5.14 Å². The largest absolute Gasteiger partial charge is 0.339 e. The second-order valence-corrected chi connectivity index (χ2v) is 7.14. The van der Waals surface area contributed by atoms with E-state index in [0.29, 0.717) is 25.9 Å². The summed E-state index contributed by atoms with van der Waals surface area (Å²) in [6.45, 7) is 1.04. The van der Waals surface area contributed by atoms with Crippen LogP contribution in [0.2, 0.25) is 0 Å². The SMILES string of the molecule is NS(=O)(=O)CC1CCN(C(=O)/C=C\c2ccc(F)cc2)CC1. The Bertz CT molecular complexity index is 648. The van der Waals surface area contributed by atoms with Crippen molar-refractivity contribution in [3.63, 3.8) is 0 Å². The van der Waals surface area contributed by atoms with E-state index in [1.807, 2.05) is 0 Å². The van der Waals surface area contributed by atoms with E-state index in [1.54, 1.807) is 23.1 Å². The number of carbonyl (C=O) groups is 1. The van der Waals surface area contributed by atoms with Gasteiger partial charge in [0, 0.05) is 19.2 Å². The van der Waals surface area contributed by atoms with Crippen LogP contribution in [-0.2, 0) is 14.8 Å². The molecule has 1 saturated heterocycles. The third-order valence-corrected chi connectivity index (χ3v) is 4.62. The van der Waals surface area contributed by atoms with Crippen LogP contribution < -0.4 is 5.14 Å². The van der Waals surface area contributed by atoms with Crippen LogP contribution in [-0.4, -0.2) is 38.1 Å². The van der Waals surface area contributed by atoms with Gasteiger partial charge in [0.2, 0.25) is 15.9 Å². The molecule has 0 bridgehead atoms. The van der Waals surface area contributed by atoms with E-state index in [0.717, 1.165) is 5.56 Å². The molecule has 5 nitrogen and oxygen atoms in total. The van der Waals surface area contributed by atoms with Gasteiger partial charge in [-0.3, -0.25) is 4.79 Å². The molecule has 1 amide bonds. The average molecular weight is 326 g/mol. The summed E-state index contributed by atoms with van der Waals surface area (Å²) in [6, 6.07) is 5.86. The number of hydrogen-bond donors (Lipinski definition) is 1. The van der Waals surface area contributed by atoms with Crippen molar-refractivity contribution in [1.29, 1.82) is 0 Å². The number of primary sulfonamides is 1. The Morgan fingerprint density at radius 2 is 1.86 bits per heavy atom. The first-order valence-electron chi connectivity index (χ1n) is 7.06. The first kappa shape index (κ1) is 16.6. The van der Waals surface area contributed by atoms with Crippen LogP contribution in [0.15, 0.2) is 30.3 Å². The lowest BCUT2D eigenvalue weighted by Gasteiger charge is -2.30. The van der Waals surface area contributed by atoms with Crippen LogP contribution in [0.5, 0.6) is 0 Å². The highest BCUT2D eigenvalue weighted by Crippen LogP contribution is 2.18. The predicted molar refractivity (Wildman–Crippen MR) is 82.7 cm³/mol. The van der Waals surface area contributed by atoms with E-state index >= 15 is 0 Å². The van der Waals surface area contributed by atoms with Gasteiger partial charge in [0.15, 0.2) is 0 Å². The Kier molecular flexibility index (Phi) is 5.31. The summed E-state index contributed by atoms with van der Waals surface area (Å²) in [5.41, 5.74) is 0.749. The lowest BCUT2D eigenvalue weighted by atomic mass is 9.99. The van der Waals surface area contributed by atoms with Crippen molar-refractivity contribution < 1.29 is 17.6 Å². The van der Waals surface area contributed by atoms with Crippen molar-refractivity contribution in [3.8, 4) is 0 Å². The highest BCUT2D eigenvalue weighted by atomic mass is 32.2. The van der Waals surface area contributed by atoms with E-state index in [9.17, 15) is 17.6 Å². The molecule has 0 saturated carbocycles. The first-order valence-corrected chi connectivity index (χ1v) is 8.78. The lowest BCUT2D eigenvalue weighted by molar-refractivity contribution is -0.127. The highest BCUT2D eigenvalue weighted by Gasteiger charge is 2.24. The Morgan fingerprint density at radius 1 is 1.27 bits per heavy atom. The molecule has 1 aromatic carbocycles. The first-order chi connectivity index (χ1) is 10.3. The molecule has 2 N–H and O–H groups in total. The second-order valence-electron chi connectivity index (χ2n) is 5.48. The summed E-state index contributed by atoms with van der Waals surface area (Å²) < 4.78 is 34.9. The highest BCUT2D eigenvalue weighted by molar-refractivity contribution is 7.89. The van der Waals surface area contributed by atoms with Gasteiger partial charge >= 0.3 is 0 Å². The Labute approximate surface area is 129 Å². The van der Waals surface area contributed by atoms with Gasteiger partial charge in [-0.1, -0.05) is 12.1 Å². The molecule has 7 heteroatoms. The van der Waals surface area contributed by atoms with Gasteiger partial charge in [0.05, 0.1) is 5.75 Å². The van der Waals surface area contributed by atoms with Gasteiger partial charge in [-0.15, -0.1) is 0 Å². The van der Waals surface area contributed by atoms with Crippen molar-refractivity contribution in [2.45, 2.75) is 12.8 Å². The van der Waals surface area contributed by atoms with Crippen molar-refractivity contribution in [3.05, 3.63) is 41.7 Å². The molecule has 1 aliphatic rings. The van der Waals surface area contributed by atoms with Gasteiger partial charge < -0.3 is 4.90 Å². The van der Waals surface area contributed by atoms with Crippen LogP contribution in [0, 0.1) is 11.7 Å². The normalized spacial score (nSPS) is 17.1. The van der Waals surface area contributed by atoms with Crippen LogP contribution in [0.25, 0.3) is 6.08 Å². The minimum Gasteiger partial charge on any atom is -0.339 e. The topological polar surface area (TPSA) is 80.5 Å². The zero-order valence-electron chi connectivity index (χ0n) is 12.1. The molecule has 1 fully saturated rings. The molecule has 2 rings (SSSR count). The molecule has 0 radical (unpaired) electrons. The maximum absolute atomic E-state index is 12.8. The molecule has 0 spiro atoms. The quantitative estimate of drug-likeness (QED) is 0.849. The Morgan fingerprint density at radius 3 is 2.41 bits per heavy atom. The minimum absolute atomic E-state index is 0.0140. The fourth-order valence-corrected chi connectivity index (χ4v) is 3.49. The van der Waals surface area contributed by atoms with Gasteiger partial charge in [0.1, 0.15) is 5.82 Å². The number of hydrogen-bond acceptors (Lipinski definition) is 3. The van der Waals surface area contributed by atoms with Gasteiger partial charge in [-0.05, 0) is 42.5 Å². The number of amides is 1. The van der Waals surface area contributed by atoms with Gasteiger partial charge in [-0.2, -0.15) is 0 Å². The number of sulfonamides is 1. The summed E-state index contributed by atoms with van der Waals surface area (Å²) in [7, 11) is -3.46. The average Bonchev–Trinajstić information content (AvgIpc) is 2.45. The Hall–Kier alpha value is -1.73. The third-order valence-electron chi connectivity index (χ3n) is 3.68. The number of rotatable bonds is 4. The summed E-state index contributed by atoms with van der Waals surface area (Å²) in [6.07, 6.45) is 4.35. The smallest absolute Gasteiger partial charge is 0.246 e. The molecule has 0 atom stereocenters. The maximum Gasteiger partial charge on any atom is 0.246 e. The molecule has 1 heterocycles. The fraction of sp³-hybridized carbons (Fsp3) is 0.400. The molecule has 0 unspecified atom stereocenters. The van der Waals surface area contributed by atoms with Crippen LogP contribution in [0.1, 0.15) is 18.4 Å². The van der Waals surface area contributed by atoms with Crippen molar-refractivity contribution in [2.24, 2.45) is 11.1 Å². The molecule has 120 valence electrons. The number of carbonyl (C=O) groups excluding carboxylic acids is 1. The van der Waals surface area contributed by atoms with Crippen LogP contribution in [0.3, 0.4) is 0 Å². The molecule has 1 aromatic rings. The van der Waals surface area contributed by atoms with Crippen molar-refractivity contribution in [2.75, 3.05) is 18.8 Å². The van der Waals surface area contributed by atoms with Crippen LogP contribution in [0.4, 0.5) is 4.39 Å². The van der Waals surface area contributed by atoms with Crippen molar-refractivity contribution in [1.82, 2.24) is 4.90 Å². The summed E-state index contributed by atoms with van der Waals surface area (Å²) >= 11 is 0. The summed E-state index contributed by atoms with van der Waals surface area (Å²) in [5.74, 6) is -0.459. The van der Waals surface area contributed by atoms with E-state index in [2.05, 4.69) is 0 Å². The summed E-state index contributed by atoms with van der Waals surface area (Å²) in [4.78, 5) is 13.7.